The molecule has 11 heavy (non-hydrogen) atoms. The van der Waals surface area contributed by atoms with Crippen LogP contribution in [0.4, 0.5) is 0 Å². The van der Waals surface area contributed by atoms with Crippen LogP contribution in [-0.2, 0) is 9.53 Å². The fourth-order valence-electron chi connectivity index (χ4n) is 0.506. The molecule has 0 aromatic rings. The van der Waals surface area contributed by atoms with E-state index in [4.69, 9.17) is 4.74 Å². The van der Waals surface area contributed by atoms with Crippen LogP contribution in [0.5, 0.6) is 0 Å². The van der Waals surface area contributed by atoms with E-state index in [2.05, 4.69) is 0 Å². The molecule has 2 heteroatoms. The molecule has 0 aliphatic heterocycles. The molecule has 0 aliphatic carbocycles. The third-order valence-electron chi connectivity index (χ3n) is 0.998. The fraction of sp³-hybridized carbons (Fsp3) is 0.778. The van der Waals surface area contributed by atoms with E-state index in [-0.39, 0.29) is 11.4 Å². The summed E-state index contributed by atoms with van der Waals surface area (Å²) in [6.07, 6.45) is 1.35. The smallest absolute Gasteiger partial charge is 0.306 e. The lowest BCUT2D eigenvalue weighted by Gasteiger charge is -2.16. The lowest BCUT2D eigenvalue weighted by Crippen LogP contribution is -2.12. The van der Waals surface area contributed by atoms with Crippen LogP contribution >= 0.6 is 0 Å². The molecule has 0 N–H and O–H groups in total. The van der Waals surface area contributed by atoms with E-state index in [1.807, 2.05) is 27.7 Å². The van der Waals surface area contributed by atoms with Gasteiger partial charge in [0.05, 0.1) is 0 Å². The molecule has 2 nitrogen and oxygen atoms in total. The first-order valence-corrected chi connectivity index (χ1v) is 3.99. The van der Waals surface area contributed by atoms with E-state index in [0.717, 1.165) is 6.42 Å². The van der Waals surface area contributed by atoms with Crippen molar-refractivity contribution in [3.05, 3.63) is 6.61 Å². The van der Waals surface area contributed by atoms with Crippen LogP contribution in [-0.4, -0.2) is 5.97 Å². The summed E-state index contributed by atoms with van der Waals surface area (Å²) in [4.78, 5) is 10.8. The van der Waals surface area contributed by atoms with Crippen molar-refractivity contribution in [1.29, 1.82) is 0 Å². The highest BCUT2D eigenvalue weighted by atomic mass is 16.5. The Morgan fingerprint density at radius 1 is 1.45 bits per heavy atom. The second kappa shape index (κ2) is 4.37. The van der Waals surface area contributed by atoms with Crippen LogP contribution in [0.3, 0.4) is 0 Å². The topological polar surface area (TPSA) is 26.3 Å². The van der Waals surface area contributed by atoms with Crippen LogP contribution in [0.25, 0.3) is 0 Å². The second-order valence-corrected chi connectivity index (χ2v) is 3.72. The molecule has 1 radical (unpaired) electrons. The van der Waals surface area contributed by atoms with Gasteiger partial charge in [-0.3, -0.25) is 4.79 Å². The molecule has 0 spiro atoms. The van der Waals surface area contributed by atoms with Crippen molar-refractivity contribution in [2.24, 2.45) is 5.41 Å². The first-order chi connectivity index (χ1) is 4.95. The zero-order valence-corrected chi connectivity index (χ0v) is 7.81. The predicted octanol–water partition coefficient (Wildman–Crippen LogP) is 2.54. The molecule has 65 valence electrons. The largest absolute Gasteiger partial charge is 0.458 e. The van der Waals surface area contributed by atoms with Crippen molar-refractivity contribution in [2.45, 2.75) is 40.5 Å². The van der Waals surface area contributed by atoms with E-state index >= 15 is 0 Å². The summed E-state index contributed by atoms with van der Waals surface area (Å²) < 4.78 is 4.88. The lowest BCUT2D eigenvalue weighted by molar-refractivity contribution is -0.141. The second-order valence-electron chi connectivity index (χ2n) is 3.72. The molecule has 0 aromatic carbocycles. The summed E-state index contributed by atoms with van der Waals surface area (Å²) in [5, 5.41) is 0. The average Bonchev–Trinajstić information content (AvgIpc) is 1.83. The van der Waals surface area contributed by atoms with Gasteiger partial charge >= 0.3 is 5.97 Å². The molecule has 0 saturated heterocycles. The zero-order chi connectivity index (χ0) is 8.91. The number of hydrogen-bond donors (Lipinski definition) is 0. The monoisotopic (exact) mass is 157 g/mol. The van der Waals surface area contributed by atoms with Crippen LogP contribution in [0, 0.1) is 12.0 Å². The third-order valence-corrected chi connectivity index (χ3v) is 0.998. The van der Waals surface area contributed by atoms with Crippen molar-refractivity contribution in [1.82, 2.24) is 0 Å². The maximum Gasteiger partial charge on any atom is 0.306 e. The Bertz CT molecular complexity index is 122. The highest BCUT2D eigenvalue weighted by molar-refractivity contribution is 5.69. The van der Waals surface area contributed by atoms with Gasteiger partial charge < -0.3 is 4.74 Å². The third kappa shape index (κ3) is 7.37. The van der Waals surface area contributed by atoms with Gasteiger partial charge in [0.2, 0.25) is 0 Å². The number of rotatable bonds is 3. The highest BCUT2D eigenvalue weighted by Gasteiger charge is 2.13. The summed E-state index contributed by atoms with van der Waals surface area (Å²) in [6.45, 7) is 9.52. The van der Waals surface area contributed by atoms with Gasteiger partial charge in [0.15, 0.2) is 0 Å². The lowest BCUT2D eigenvalue weighted by atomic mass is 9.99. The summed E-state index contributed by atoms with van der Waals surface area (Å²) in [5.74, 6) is -0.137. The van der Waals surface area contributed by atoms with Gasteiger partial charge in [0, 0.05) is 11.8 Å². The average molecular weight is 157 g/mol. The van der Waals surface area contributed by atoms with Gasteiger partial charge in [-0.25, -0.2) is 0 Å². The Kier molecular flexibility index (Phi) is 4.16. The number of hydrogen-bond acceptors (Lipinski definition) is 2. The standard InChI is InChI=1S/C9H17O2/c1-5-6-8(10)11-7-9(2,3)4/h7H,5-6H2,1-4H3. The van der Waals surface area contributed by atoms with Gasteiger partial charge in [-0.15, -0.1) is 0 Å². The molecule has 0 aliphatic rings. The molecule has 0 aromatic heterocycles. The Morgan fingerprint density at radius 2 is 2.00 bits per heavy atom. The van der Waals surface area contributed by atoms with Gasteiger partial charge in [-0.2, -0.15) is 0 Å². The Balaban J connectivity index is 3.46. The molecule has 0 unspecified atom stereocenters. The molecule has 0 saturated carbocycles. The minimum atomic E-state index is -0.137. The molecule has 0 bridgehead atoms. The van der Waals surface area contributed by atoms with Crippen LogP contribution < -0.4 is 0 Å². The Labute approximate surface area is 68.9 Å². The minimum absolute atomic E-state index is 0.0383. The number of carbonyl (C=O) groups excluding carboxylic acids is 1. The molecular weight excluding hydrogens is 140 g/mol. The summed E-state index contributed by atoms with van der Waals surface area (Å²) in [7, 11) is 0. The van der Waals surface area contributed by atoms with E-state index in [1.54, 1.807) is 6.61 Å². The van der Waals surface area contributed by atoms with Crippen molar-refractivity contribution in [3.8, 4) is 0 Å². The van der Waals surface area contributed by atoms with E-state index in [1.165, 1.54) is 0 Å². The Morgan fingerprint density at radius 3 is 2.36 bits per heavy atom. The number of ether oxygens (including phenoxy) is 1. The van der Waals surface area contributed by atoms with Gasteiger partial charge in [0.1, 0.15) is 6.61 Å². The fourth-order valence-corrected chi connectivity index (χ4v) is 0.506. The van der Waals surface area contributed by atoms with Gasteiger partial charge in [-0.1, -0.05) is 27.7 Å². The number of esters is 1. The molecule has 0 heterocycles. The van der Waals surface area contributed by atoms with Gasteiger partial charge in [-0.05, 0) is 6.42 Å². The molecule has 0 atom stereocenters. The summed E-state index contributed by atoms with van der Waals surface area (Å²) >= 11 is 0. The van der Waals surface area contributed by atoms with Crippen LogP contribution in [0.1, 0.15) is 40.5 Å². The van der Waals surface area contributed by atoms with Crippen molar-refractivity contribution in [2.75, 3.05) is 0 Å². The molecule has 0 amide bonds. The SMILES string of the molecule is CCCC(=O)O[CH]C(C)(C)C. The van der Waals surface area contributed by atoms with Crippen molar-refractivity contribution in [3.63, 3.8) is 0 Å². The normalized spacial score (nSPS) is 11.3. The minimum Gasteiger partial charge on any atom is -0.458 e. The van der Waals surface area contributed by atoms with Crippen LogP contribution in [0.2, 0.25) is 0 Å². The van der Waals surface area contributed by atoms with E-state index in [9.17, 15) is 4.79 Å². The van der Waals surface area contributed by atoms with Crippen molar-refractivity contribution < 1.29 is 9.53 Å². The molecular formula is C9H17O2. The molecule has 0 rings (SSSR count). The van der Waals surface area contributed by atoms with E-state index in [0.29, 0.717) is 6.42 Å². The van der Waals surface area contributed by atoms with Gasteiger partial charge in [0.25, 0.3) is 0 Å². The number of carbonyl (C=O) groups is 1. The zero-order valence-electron chi connectivity index (χ0n) is 7.81. The molecule has 0 fully saturated rings. The maximum absolute atomic E-state index is 10.8. The first-order valence-electron chi connectivity index (χ1n) is 3.99. The van der Waals surface area contributed by atoms with E-state index < -0.39 is 0 Å². The van der Waals surface area contributed by atoms with Crippen molar-refractivity contribution >= 4 is 5.97 Å². The maximum atomic E-state index is 10.8. The summed E-state index contributed by atoms with van der Waals surface area (Å²) in [6, 6.07) is 0. The summed E-state index contributed by atoms with van der Waals surface area (Å²) in [5.41, 5.74) is -0.0383. The van der Waals surface area contributed by atoms with Crippen LogP contribution in [0.15, 0.2) is 0 Å². The Hall–Kier alpha value is -0.530. The quantitative estimate of drug-likeness (QED) is 0.588. The highest BCUT2D eigenvalue weighted by Crippen LogP contribution is 2.17. The predicted molar refractivity (Wildman–Crippen MR) is 44.8 cm³/mol. The first kappa shape index (κ1) is 10.5.